The van der Waals surface area contributed by atoms with Gasteiger partial charge in [-0.3, -0.25) is 9.59 Å². The molecule has 3 heterocycles. The Kier molecular flexibility index (Phi) is 8.44. The van der Waals surface area contributed by atoms with Crippen LogP contribution in [0.5, 0.6) is 0 Å². The van der Waals surface area contributed by atoms with Gasteiger partial charge in [0.05, 0.1) is 11.4 Å². The Morgan fingerprint density at radius 3 is 2.49 bits per heavy atom. The number of anilines is 2. The highest BCUT2D eigenvalue weighted by atomic mass is 16.2. The lowest BCUT2D eigenvalue weighted by molar-refractivity contribution is -0.125. The number of benzene rings is 1. The van der Waals surface area contributed by atoms with Crippen LogP contribution in [0, 0.1) is 12.8 Å². The highest BCUT2D eigenvalue weighted by Crippen LogP contribution is 2.34. The average Bonchev–Trinajstić information content (AvgIpc) is 3.18. The van der Waals surface area contributed by atoms with Gasteiger partial charge in [-0.05, 0) is 64.6 Å². The molecule has 1 aromatic carbocycles. The van der Waals surface area contributed by atoms with Gasteiger partial charge in [-0.25, -0.2) is 4.68 Å². The van der Waals surface area contributed by atoms with Crippen molar-refractivity contribution >= 4 is 23.3 Å². The summed E-state index contributed by atoms with van der Waals surface area (Å²) in [5, 5.41) is 10.9. The molecule has 0 aliphatic carbocycles. The zero-order valence-electron chi connectivity index (χ0n) is 21.4. The molecule has 2 saturated heterocycles. The van der Waals surface area contributed by atoms with Crippen molar-refractivity contribution < 1.29 is 9.59 Å². The van der Waals surface area contributed by atoms with Crippen molar-refractivity contribution in [2.75, 3.05) is 42.9 Å². The third-order valence-corrected chi connectivity index (χ3v) is 7.37. The van der Waals surface area contributed by atoms with E-state index in [1.807, 2.05) is 41.9 Å². The van der Waals surface area contributed by atoms with Crippen LogP contribution in [0.3, 0.4) is 0 Å². The SMILES string of the molecule is CC(=O)Nc1c(C)nn(-c2ccccc2)c1N1CCC(C(=O)NCCCN2CCCC[C@H]2C)CC1. The molecule has 35 heavy (non-hydrogen) atoms. The van der Waals surface area contributed by atoms with E-state index in [4.69, 9.17) is 5.10 Å². The van der Waals surface area contributed by atoms with Crippen LogP contribution in [-0.4, -0.2) is 65.3 Å². The van der Waals surface area contributed by atoms with E-state index in [2.05, 4.69) is 27.4 Å². The first-order valence-corrected chi connectivity index (χ1v) is 13.1. The van der Waals surface area contributed by atoms with Gasteiger partial charge >= 0.3 is 0 Å². The quantitative estimate of drug-likeness (QED) is 0.563. The zero-order chi connectivity index (χ0) is 24.8. The number of hydrogen-bond donors (Lipinski definition) is 2. The summed E-state index contributed by atoms with van der Waals surface area (Å²) in [5.41, 5.74) is 2.48. The summed E-state index contributed by atoms with van der Waals surface area (Å²) in [5.74, 6) is 0.971. The van der Waals surface area contributed by atoms with Crippen LogP contribution in [0.25, 0.3) is 5.69 Å². The van der Waals surface area contributed by atoms with E-state index in [-0.39, 0.29) is 17.7 Å². The monoisotopic (exact) mass is 480 g/mol. The van der Waals surface area contributed by atoms with Crippen molar-refractivity contribution in [1.29, 1.82) is 0 Å². The second-order valence-electron chi connectivity index (χ2n) is 10.00. The van der Waals surface area contributed by atoms with Crippen molar-refractivity contribution in [3.63, 3.8) is 0 Å². The number of carbonyl (C=O) groups excluding carboxylic acids is 2. The molecule has 2 aliphatic heterocycles. The number of aryl methyl sites for hydroxylation is 1. The molecule has 0 spiro atoms. The Bertz CT molecular complexity index is 997. The van der Waals surface area contributed by atoms with Gasteiger partial charge in [-0.1, -0.05) is 24.6 Å². The van der Waals surface area contributed by atoms with E-state index in [0.29, 0.717) is 6.04 Å². The molecule has 0 bridgehead atoms. The molecule has 0 unspecified atom stereocenters. The minimum Gasteiger partial charge on any atom is -0.356 e. The van der Waals surface area contributed by atoms with Gasteiger partial charge in [-0.15, -0.1) is 0 Å². The fraction of sp³-hybridized carbons (Fsp3) is 0.593. The van der Waals surface area contributed by atoms with Gasteiger partial charge in [0, 0.05) is 45.1 Å². The number of nitrogens with zero attached hydrogens (tertiary/aromatic N) is 4. The highest BCUT2D eigenvalue weighted by Gasteiger charge is 2.30. The molecule has 4 rings (SSSR count). The highest BCUT2D eigenvalue weighted by molar-refractivity contribution is 5.93. The number of hydrogen-bond acceptors (Lipinski definition) is 5. The molecule has 0 saturated carbocycles. The lowest BCUT2D eigenvalue weighted by Crippen LogP contribution is -2.42. The van der Waals surface area contributed by atoms with Crippen LogP contribution in [0.2, 0.25) is 0 Å². The fourth-order valence-electron chi connectivity index (χ4n) is 5.36. The summed E-state index contributed by atoms with van der Waals surface area (Å²) in [6.07, 6.45) is 6.50. The molecule has 2 aliphatic rings. The lowest BCUT2D eigenvalue weighted by atomic mass is 9.95. The first-order chi connectivity index (χ1) is 16.9. The largest absolute Gasteiger partial charge is 0.356 e. The molecule has 8 nitrogen and oxygen atoms in total. The van der Waals surface area contributed by atoms with Crippen molar-refractivity contribution in [1.82, 2.24) is 20.0 Å². The molecule has 190 valence electrons. The second kappa shape index (κ2) is 11.7. The van der Waals surface area contributed by atoms with Gasteiger partial charge in [0.2, 0.25) is 11.8 Å². The third kappa shape index (κ3) is 6.23. The Labute approximate surface area is 209 Å². The van der Waals surface area contributed by atoms with E-state index in [9.17, 15) is 9.59 Å². The number of piperidine rings is 2. The van der Waals surface area contributed by atoms with E-state index >= 15 is 0 Å². The van der Waals surface area contributed by atoms with Crippen molar-refractivity contribution in [2.45, 2.75) is 65.3 Å². The minimum absolute atomic E-state index is 0.0265. The maximum Gasteiger partial charge on any atom is 0.223 e. The average molecular weight is 481 g/mol. The second-order valence-corrected chi connectivity index (χ2v) is 10.00. The number of aromatic nitrogens is 2. The molecular formula is C27H40N6O2. The van der Waals surface area contributed by atoms with Crippen LogP contribution in [0.15, 0.2) is 30.3 Å². The maximum absolute atomic E-state index is 12.8. The summed E-state index contributed by atoms with van der Waals surface area (Å²) in [4.78, 5) is 29.6. The predicted octanol–water partition coefficient (Wildman–Crippen LogP) is 3.74. The molecule has 1 aromatic heterocycles. The summed E-state index contributed by atoms with van der Waals surface area (Å²) < 4.78 is 1.91. The zero-order valence-corrected chi connectivity index (χ0v) is 21.4. The van der Waals surface area contributed by atoms with Gasteiger partial charge < -0.3 is 20.4 Å². The smallest absolute Gasteiger partial charge is 0.223 e. The Morgan fingerprint density at radius 1 is 1.06 bits per heavy atom. The molecular weight excluding hydrogens is 440 g/mol. The molecule has 2 fully saturated rings. The Morgan fingerprint density at radius 2 is 1.80 bits per heavy atom. The fourth-order valence-corrected chi connectivity index (χ4v) is 5.36. The Hall–Kier alpha value is -2.87. The Balaban J connectivity index is 1.35. The molecule has 1 atom stereocenters. The number of nitrogens with one attached hydrogen (secondary N) is 2. The molecule has 2 aromatic rings. The molecule has 8 heteroatoms. The van der Waals surface area contributed by atoms with Crippen LogP contribution >= 0.6 is 0 Å². The number of likely N-dealkylation sites (tertiary alicyclic amines) is 1. The molecule has 0 radical (unpaired) electrons. The van der Waals surface area contributed by atoms with Gasteiger partial charge in [0.1, 0.15) is 5.69 Å². The van der Waals surface area contributed by atoms with E-state index in [1.54, 1.807) is 0 Å². The number of carbonyl (C=O) groups is 2. The standard InChI is InChI=1S/C27H40N6O2/c1-20-10-7-8-16-31(20)17-9-15-28-26(35)23-13-18-32(19-14-23)27-25(29-22(3)34)21(2)30-33(27)24-11-5-4-6-12-24/h4-6,11-12,20,23H,7-10,13-19H2,1-3H3,(H,28,35)(H,29,34)/t20-/m1/s1. The van der Waals surface area contributed by atoms with Gasteiger partial charge in [-0.2, -0.15) is 5.10 Å². The summed E-state index contributed by atoms with van der Waals surface area (Å²) in [6, 6.07) is 10.6. The predicted molar refractivity (Wildman–Crippen MR) is 140 cm³/mol. The lowest BCUT2D eigenvalue weighted by Gasteiger charge is -2.34. The molecule has 2 N–H and O–H groups in total. The maximum atomic E-state index is 12.8. The molecule has 2 amide bonds. The number of amides is 2. The van der Waals surface area contributed by atoms with Crippen LogP contribution in [-0.2, 0) is 9.59 Å². The van der Waals surface area contributed by atoms with Crippen LogP contribution in [0.4, 0.5) is 11.5 Å². The minimum atomic E-state index is -0.116. The van der Waals surface area contributed by atoms with Gasteiger partial charge in [0.25, 0.3) is 0 Å². The first kappa shape index (κ1) is 25.2. The topological polar surface area (TPSA) is 82.5 Å². The van der Waals surface area contributed by atoms with Gasteiger partial charge in [0.15, 0.2) is 5.82 Å². The van der Waals surface area contributed by atoms with Crippen LogP contribution < -0.4 is 15.5 Å². The third-order valence-electron chi connectivity index (χ3n) is 7.37. The summed E-state index contributed by atoms with van der Waals surface area (Å²) >= 11 is 0. The number of para-hydroxylation sites is 1. The summed E-state index contributed by atoms with van der Waals surface area (Å²) in [7, 11) is 0. The van der Waals surface area contributed by atoms with Crippen LogP contribution in [0.1, 0.15) is 58.1 Å². The summed E-state index contributed by atoms with van der Waals surface area (Å²) in [6.45, 7) is 10.2. The van der Waals surface area contributed by atoms with E-state index in [1.165, 1.54) is 32.7 Å². The van der Waals surface area contributed by atoms with E-state index < -0.39 is 0 Å². The normalized spacial score (nSPS) is 19.5. The van der Waals surface area contributed by atoms with E-state index in [0.717, 1.165) is 68.3 Å². The van der Waals surface area contributed by atoms with Crippen molar-refractivity contribution in [2.24, 2.45) is 5.92 Å². The first-order valence-electron chi connectivity index (χ1n) is 13.1. The van der Waals surface area contributed by atoms with Crippen molar-refractivity contribution in [3.05, 3.63) is 36.0 Å². The van der Waals surface area contributed by atoms with Crippen molar-refractivity contribution in [3.8, 4) is 5.69 Å². The number of rotatable bonds is 8.